The smallest absolute Gasteiger partial charge is 0.271 e. The lowest BCUT2D eigenvalue weighted by atomic mass is 10.2. The molecule has 0 bridgehead atoms. The first-order chi connectivity index (χ1) is 12.9. The molecule has 0 saturated carbocycles. The summed E-state index contributed by atoms with van der Waals surface area (Å²) in [7, 11) is 4.00. The molecule has 0 amide bonds. The maximum Gasteiger partial charge on any atom is 0.271 e. The quantitative estimate of drug-likeness (QED) is 0.371. The lowest BCUT2D eigenvalue weighted by molar-refractivity contribution is -0.384. The van der Waals surface area contributed by atoms with Crippen molar-refractivity contribution in [1.29, 1.82) is 0 Å². The molecule has 138 valence electrons. The number of hydrogen-bond donors (Lipinski definition) is 0. The van der Waals surface area contributed by atoms with Crippen molar-refractivity contribution in [2.45, 2.75) is 13.8 Å². The summed E-state index contributed by atoms with van der Waals surface area (Å²) in [4.78, 5) is 17.3. The molecule has 27 heavy (non-hydrogen) atoms. The number of aryl methyl sites for hydroxylation is 1. The summed E-state index contributed by atoms with van der Waals surface area (Å²) in [5, 5.41) is 11.1. The third-order valence-electron chi connectivity index (χ3n) is 4.49. The fourth-order valence-corrected chi connectivity index (χ4v) is 3.04. The van der Waals surface area contributed by atoms with Crippen LogP contribution in [0.4, 0.5) is 17.1 Å². The first-order valence-electron chi connectivity index (χ1n) is 8.62. The van der Waals surface area contributed by atoms with Gasteiger partial charge in [0.2, 0.25) is 0 Å². The van der Waals surface area contributed by atoms with Crippen molar-refractivity contribution < 1.29 is 4.92 Å². The Labute approximate surface area is 158 Å². The van der Waals surface area contributed by atoms with Gasteiger partial charge < -0.3 is 9.47 Å². The van der Waals surface area contributed by atoms with E-state index in [4.69, 9.17) is 0 Å². The summed E-state index contributed by atoms with van der Waals surface area (Å²) < 4.78 is 2.00. The molecule has 1 heterocycles. The SMILES string of the molecule is Cc1cc(C=Nc2ccc(N(C)C)cc2)c(C)n1-c1cccc([N+](=O)[O-])c1. The predicted molar refractivity (Wildman–Crippen MR) is 110 cm³/mol. The van der Waals surface area contributed by atoms with Crippen molar-refractivity contribution in [3.05, 3.63) is 81.7 Å². The van der Waals surface area contributed by atoms with Gasteiger partial charge in [0.1, 0.15) is 0 Å². The molecule has 6 nitrogen and oxygen atoms in total. The minimum Gasteiger partial charge on any atom is -0.378 e. The van der Waals surface area contributed by atoms with Crippen molar-refractivity contribution in [2.24, 2.45) is 4.99 Å². The van der Waals surface area contributed by atoms with Crippen LogP contribution in [0.25, 0.3) is 5.69 Å². The first kappa shape index (κ1) is 18.4. The van der Waals surface area contributed by atoms with Gasteiger partial charge in [-0.15, -0.1) is 0 Å². The van der Waals surface area contributed by atoms with Gasteiger partial charge >= 0.3 is 0 Å². The van der Waals surface area contributed by atoms with Gasteiger partial charge in [0, 0.05) is 55.1 Å². The third kappa shape index (κ3) is 3.89. The van der Waals surface area contributed by atoms with E-state index in [2.05, 4.69) is 4.99 Å². The number of benzene rings is 2. The van der Waals surface area contributed by atoms with E-state index in [0.29, 0.717) is 0 Å². The van der Waals surface area contributed by atoms with Crippen LogP contribution in [0.2, 0.25) is 0 Å². The van der Waals surface area contributed by atoms with Gasteiger partial charge in [-0.05, 0) is 50.2 Å². The van der Waals surface area contributed by atoms with E-state index in [1.807, 2.05) is 80.0 Å². The number of nitro benzene ring substituents is 1. The molecule has 0 aliphatic carbocycles. The molecule has 0 spiro atoms. The fourth-order valence-electron chi connectivity index (χ4n) is 3.04. The van der Waals surface area contributed by atoms with Gasteiger partial charge in [0.15, 0.2) is 0 Å². The molecular formula is C21H22N4O2. The third-order valence-corrected chi connectivity index (χ3v) is 4.49. The molecule has 0 aliphatic heterocycles. The minimum atomic E-state index is -0.378. The van der Waals surface area contributed by atoms with Crippen LogP contribution in [0.5, 0.6) is 0 Å². The van der Waals surface area contributed by atoms with E-state index in [0.717, 1.165) is 34.0 Å². The summed E-state index contributed by atoms with van der Waals surface area (Å²) in [6, 6.07) is 16.7. The number of non-ortho nitro benzene ring substituents is 1. The molecule has 1 aromatic heterocycles. The second-order valence-electron chi connectivity index (χ2n) is 6.61. The summed E-state index contributed by atoms with van der Waals surface area (Å²) in [5.41, 5.74) is 5.82. The summed E-state index contributed by atoms with van der Waals surface area (Å²) >= 11 is 0. The van der Waals surface area contributed by atoms with Gasteiger partial charge in [0.05, 0.1) is 16.3 Å². The summed E-state index contributed by atoms with van der Waals surface area (Å²) in [5.74, 6) is 0. The number of anilines is 1. The average molecular weight is 362 g/mol. The van der Waals surface area contributed by atoms with Crippen LogP contribution in [0, 0.1) is 24.0 Å². The maximum atomic E-state index is 11.1. The van der Waals surface area contributed by atoms with E-state index < -0.39 is 0 Å². The molecule has 0 fully saturated rings. The summed E-state index contributed by atoms with van der Waals surface area (Å²) in [6.07, 6.45) is 1.83. The number of nitrogens with zero attached hydrogens (tertiary/aromatic N) is 4. The Morgan fingerprint density at radius 1 is 1.07 bits per heavy atom. The second-order valence-corrected chi connectivity index (χ2v) is 6.61. The highest BCUT2D eigenvalue weighted by molar-refractivity contribution is 5.84. The Balaban J connectivity index is 1.92. The van der Waals surface area contributed by atoms with Crippen LogP contribution in [0.1, 0.15) is 17.0 Å². The first-order valence-corrected chi connectivity index (χ1v) is 8.62. The molecule has 3 rings (SSSR count). The largest absolute Gasteiger partial charge is 0.378 e. The molecule has 2 aromatic carbocycles. The number of nitro groups is 1. The zero-order valence-corrected chi connectivity index (χ0v) is 15.9. The average Bonchev–Trinajstić information content (AvgIpc) is 2.94. The van der Waals surface area contributed by atoms with Crippen LogP contribution in [0.3, 0.4) is 0 Å². The van der Waals surface area contributed by atoms with Crippen LogP contribution in [-0.2, 0) is 0 Å². The van der Waals surface area contributed by atoms with Gasteiger partial charge in [-0.3, -0.25) is 15.1 Å². The van der Waals surface area contributed by atoms with Gasteiger partial charge in [0.25, 0.3) is 5.69 Å². The van der Waals surface area contributed by atoms with Gasteiger partial charge in [-0.25, -0.2) is 0 Å². The fraction of sp³-hybridized carbons (Fsp3) is 0.190. The second kappa shape index (κ2) is 7.45. The molecule has 0 N–H and O–H groups in total. The lowest BCUT2D eigenvalue weighted by Crippen LogP contribution is -2.07. The molecule has 0 unspecified atom stereocenters. The normalized spacial score (nSPS) is 11.1. The van der Waals surface area contributed by atoms with E-state index in [1.165, 1.54) is 6.07 Å². The van der Waals surface area contributed by atoms with Crippen LogP contribution in [-0.4, -0.2) is 29.8 Å². The molecule has 0 atom stereocenters. The molecule has 0 radical (unpaired) electrons. The highest BCUT2D eigenvalue weighted by Crippen LogP contribution is 2.24. The zero-order valence-electron chi connectivity index (χ0n) is 15.9. The molecule has 6 heteroatoms. The predicted octanol–water partition coefficient (Wildman–Crippen LogP) is 4.82. The Kier molecular flexibility index (Phi) is 5.07. The van der Waals surface area contributed by atoms with E-state index in [1.54, 1.807) is 12.1 Å². The Morgan fingerprint density at radius 3 is 2.41 bits per heavy atom. The molecule has 3 aromatic rings. The van der Waals surface area contributed by atoms with Crippen molar-refractivity contribution in [3.8, 4) is 5.69 Å². The van der Waals surface area contributed by atoms with E-state index >= 15 is 0 Å². The highest BCUT2D eigenvalue weighted by Gasteiger charge is 2.12. The maximum absolute atomic E-state index is 11.1. The number of aromatic nitrogens is 1. The minimum absolute atomic E-state index is 0.0798. The zero-order chi connectivity index (χ0) is 19.6. The standard InChI is InChI=1S/C21H22N4O2/c1-15-12-17(14-22-18-8-10-19(11-9-18)23(3)4)16(2)24(15)20-6-5-7-21(13-20)25(26)27/h5-14H,1-4H3. The van der Waals surface area contributed by atoms with Crippen molar-refractivity contribution in [2.75, 3.05) is 19.0 Å². The summed E-state index contributed by atoms with van der Waals surface area (Å²) in [6.45, 7) is 3.97. The molecule has 0 saturated heterocycles. The van der Waals surface area contributed by atoms with Crippen molar-refractivity contribution in [1.82, 2.24) is 4.57 Å². The number of aliphatic imine (C=N–C) groups is 1. The van der Waals surface area contributed by atoms with E-state index in [9.17, 15) is 10.1 Å². The van der Waals surface area contributed by atoms with Crippen molar-refractivity contribution in [3.63, 3.8) is 0 Å². The Hall–Kier alpha value is -3.41. The number of hydrogen-bond acceptors (Lipinski definition) is 4. The van der Waals surface area contributed by atoms with Gasteiger partial charge in [-0.1, -0.05) is 6.07 Å². The van der Waals surface area contributed by atoms with Crippen LogP contribution in [0.15, 0.2) is 59.6 Å². The van der Waals surface area contributed by atoms with Crippen LogP contribution >= 0.6 is 0 Å². The number of rotatable bonds is 5. The highest BCUT2D eigenvalue weighted by atomic mass is 16.6. The van der Waals surface area contributed by atoms with E-state index in [-0.39, 0.29) is 10.6 Å². The van der Waals surface area contributed by atoms with Crippen molar-refractivity contribution >= 4 is 23.3 Å². The Morgan fingerprint density at radius 2 is 1.78 bits per heavy atom. The topological polar surface area (TPSA) is 63.7 Å². The molecule has 0 aliphatic rings. The monoisotopic (exact) mass is 362 g/mol. The lowest BCUT2D eigenvalue weighted by Gasteiger charge is -2.11. The van der Waals surface area contributed by atoms with Gasteiger partial charge in [-0.2, -0.15) is 0 Å². The molecular weight excluding hydrogens is 340 g/mol. The van der Waals surface area contributed by atoms with Crippen LogP contribution < -0.4 is 4.90 Å². The Bertz CT molecular complexity index is 1000.